The zero-order valence-corrected chi connectivity index (χ0v) is 16.7. The topological polar surface area (TPSA) is 105 Å². The molecular formula is C14H8ClI2N3O4. The summed E-state index contributed by atoms with van der Waals surface area (Å²) in [5.41, 5.74) is 2.56. The maximum Gasteiger partial charge on any atom is 0.272 e. The van der Waals surface area contributed by atoms with Crippen molar-refractivity contribution in [1.82, 2.24) is 5.43 Å². The highest BCUT2D eigenvalue weighted by atomic mass is 127. The van der Waals surface area contributed by atoms with Gasteiger partial charge in [0.2, 0.25) is 0 Å². The molecule has 2 aromatic carbocycles. The lowest BCUT2D eigenvalue weighted by Gasteiger charge is -2.04. The molecule has 0 unspecified atom stereocenters. The van der Waals surface area contributed by atoms with Crippen molar-refractivity contribution < 1.29 is 14.8 Å². The summed E-state index contributed by atoms with van der Waals surface area (Å²) in [6.45, 7) is 0. The van der Waals surface area contributed by atoms with E-state index in [0.717, 1.165) is 9.64 Å². The van der Waals surface area contributed by atoms with Crippen molar-refractivity contribution in [1.29, 1.82) is 0 Å². The quantitative estimate of drug-likeness (QED) is 0.251. The molecule has 0 aliphatic rings. The van der Waals surface area contributed by atoms with E-state index in [0.29, 0.717) is 9.13 Å². The Balaban J connectivity index is 2.15. The zero-order chi connectivity index (χ0) is 17.9. The van der Waals surface area contributed by atoms with Crippen molar-refractivity contribution in [2.75, 3.05) is 0 Å². The minimum absolute atomic E-state index is 0.0523. The van der Waals surface area contributed by atoms with Gasteiger partial charge >= 0.3 is 0 Å². The highest BCUT2D eigenvalue weighted by Crippen LogP contribution is 2.26. The van der Waals surface area contributed by atoms with Gasteiger partial charge in [0.25, 0.3) is 11.6 Å². The Morgan fingerprint density at radius 1 is 1.33 bits per heavy atom. The minimum Gasteiger partial charge on any atom is -0.506 e. The van der Waals surface area contributed by atoms with Crippen LogP contribution in [0.2, 0.25) is 5.02 Å². The molecule has 0 aliphatic heterocycles. The van der Waals surface area contributed by atoms with Gasteiger partial charge in [0.05, 0.1) is 25.3 Å². The smallest absolute Gasteiger partial charge is 0.272 e. The van der Waals surface area contributed by atoms with E-state index in [9.17, 15) is 20.0 Å². The molecular weight excluding hydrogens is 563 g/mol. The first kappa shape index (κ1) is 18.9. The van der Waals surface area contributed by atoms with Gasteiger partial charge in [-0.3, -0.25) is 14.9 Å². The fourth-order valence-corrected chi connectivity index (χ4v) is 3.86. The third-order valence-corrected chi connectivity index (χ3v) is 4.59. The molecule has 7 nitrogen and oxygen atoms in total. The molecule has 0 saturated heterocycles. The number of nitrogens with zero attached hydrogens (tertiary/aromatic N) is 2. The van der Waals surface area contributed by atoms with Crippen LogP contribution in [0.3, 0.4) is 0 Å². The van der Waals surface area contributed by atoms with Crippen molar-refractivity contribution in [3.05, 3.63) is 63.7 Å². The number of nitrogens with one attached hydrogen (secondary N) is 1. The molecule has 0 heterocycles. The number of nitro groups is 1. The Bertz CT molecular complexity index is 858. The number of carbonyl (C=O) groups is 1. The Labute approximate surface area is 168 Å². The van der Waals surface area contributed by atoms with Crippen LogP contribution in [0.4, 0.5) is 5.69 Å². The fourth-order valence-electron chi connectivity index (χ4n) is 1.71. The number of aromatic hydroxyl groups is 1. The summed E-state index contributed by atoms with van der Waals surface area (Å²) >= 11 is 9.96. The van der Waals surface area contributed by atoms with Crippen LogP contribution in [0.1, 0.15) is 15.9 Å². The van der Waals surface area contributed by atoms with Crippen molar-refractivity contribution in [2.24, 2.45) is 5.10 Å². The number of benzene rings is 2. The van der Waals surface area contributed by atoms with Gasteiger partial charge < -0.3 is 5.11 Å². The third kappa shape index (κ3) is 4.54. The molecule has 0 spiro atoms. The number of nitro benzene ring substituents is 1. The fraction of sp³-hybridized carbons (Fsp3) is 0. The van der Waals surface area contributed by atoms with Crippen LogP contribution >= 0.6 is 56.8 Å². The average Bonchev–Trinajstić information content (AvgIpc) is 2.51. The summed E-state index contributed by atoms with van der Waals surface area (Å²) in [4.78, 5) is 22.1. The first-order chi connectivity index (χ1) is 11.3. The number of phenolic OH excluding ortho intramolecular Hbond substituents is 1. The second-order valence-electron chi connectivity index (χ2n) is 4.45. The molecule has 0 aromatic heterocycles. The normalized spacial score (nSPS) is 10.8. The number of hydrogen-bond donors (Lipinski definition) is 2. The van der Waals surface area contributed by atoms with Crippen molar-refractivity contribution in [3.8, 4) is 5.75 Å². The van der Waals surface area contributed by atoms with Crippen LogP contribution in [0.15, 0.2) is 35.4 Å². The predicted molar refractivity (Wildman–Crippen MR) is 107 cm³/mol. The van der Waals surface area contributed by atoms with E-state index in [1.165, 1.54) is 18.3 Å². The Kier molecular flexibility index (Phi) is 6.34. The molecule has 124 valence electrons. The summed E-state index contributed by atoms with van der Waals surface area (Å²) < 4.78 is 1.56. The molecule has 0 saturated carbocycles. The van der Waals surface area contributed by atoms with E-state index in [1.807, 2.05) is 22.6 Å². The monoisotopic (exact) mass is 571 g/mol. The van der Waals surface area contributed by atoms with E-state index in [4.69, 9.17) is 11.6 Å². The molecule has 0 bridgehead atoms. The number of non-ortho nitro benzene ring substituents is 1. The van der Waals surface area contributed by atoms with Gasteiger partial charge in [0.15, 0.2) is 0 Å². The third-order valence-electron chi connectivity index (χ3n) is 2.84. The summed E-state index contributed by atoms with van der Waals surface area (Å²) in [7, 11) is 0. The van der Waals surface area contributed by atoms with Crippen LogP contribution in [-0.4, -0.2) is 22.2 Å². The van der Waals surface area contributed by atoms with Gasteiger partial charge in [-0.25, -0.2) is 5.43 Å². The molecule has 1 amide bonds. The molecule has 2 N–H and O–H groups in total. The molecule has 24 heavy (non-hydrogen) atoms. The lowest BCUT2D eigenvalue weighted by molar-refractivity contribution is -0.384. The first-order valence-corrected chi connectivity index (χ1v) is 8.78. The van der Waals surface area contributed by atoms with Crippen molar-refractivity contribution in [2.45, 2.75) is 0 Å². The molecule has 0 aliphatic carbocycles. The van der Waals surface area contributed by atoms with E-state index < -0.39 is 10.8 Å². The highest BCUT2D eigenvalue weighted by Gasteiger charge is 2.14. The number of hydrazone groups is 1. The Hall–Kier alpha value is -1.47. The molecule has 10 heteroatoms. The predicted octanol–water partition coefficient (Wildman–Crippen LogP) is 3.93. The molecule has 2 aromatic rings. The second-order valence-corrected chi connectivity index (χ2v) is 7.26. The SMILES string of the molecule is O=C(N/N=C/c1cc(I)cc(I)c1O)c1ccc([N+](=O)[O-])cc1Cl. The first-order valence-electron chi connectivity index (χ1n) is 6.25. The molecule has 0 fully saturated rings. The number of halogens is 3. The van der Waals surface area contributed by atoms with Crippen LogP contribution in [0.5, 0.6) is 5.75 Å². The molecule has 0 radical (unpaired) electrons. The summed E-state index contributed by atoms with van der Waals surface area (Å²) in [5.74, 6) is -0.562. The highest BCUT2D eigenvalue weighted by molar-refractivity contribution is 14.1. The minimum atomic E-state index is -0.619. The molecule has 0 atom stereocenters. The van der Waals surface area contributed by atoms with Crippen LogP contribution in [0, 0.1) is 17.3 Å². The van der Waals surface area contributed by atoms with Crippen molar-refractivity contribution >= 4 is 74.6 Å². The van der Waals surface area contributed by atoms with E-state index in [1.54, 1.807) is 12.1 Å². The Morgan fingerprint density at radius 3 is 2.67 bits per heavy atom. The standard InChI is InChI=1S/C14H8ClI2N3O4/c15-11-5-9(20(23)24)1-2-10(11)14(22)19-18-6-7-3-8(16)4-12(17)13(7)21/h1-6,21H,(H,19,22)/b18-6+. The number of phenols is 1. The Morgan fingerprint density at radius 2 is 2.04 bits per heavy atom. The average molecular weight is 571 g/mol. The maximum absolute atomic E-state index is 12.0. The van der Waals surface area contributed by atoms with Crippen LogP contribution < -0.4 is 5.43 Å². The number of amides is 1. The van der Waals surface area contributed by atoms with Gasteiger partial charge in [-0.2, -0.15) is 5.10 Å². The number of hydrogen-bond acceptors (Lipinski definition) is 5. The second kappa shape index (κ2) is 8.07. The van der Waals surface area contributed by atoms with Gasteiger partial charge in [-0.1, -0.05) is 11.6 Å². The summed E-state index contributed by atoms with van der Waals surface area (Å²) in [6.07, 6.45) is 1.30. The van der Waals surface area contributed by atoms with Crippen LogP contribution in [0.25, 0.3) is 0 Å². The largest absolute Gasteiger partial charge is 0.506 e. The summed E-state index contributed by atoms with van der Waals surface area (Å²) in [6, 6.07) is 7.01. The van der Waals surface area contributed by atoms with Crippen molar-refractivity contribution in [3.63, 3.8) is 0 Å². The summed E-state index contributed by atoms with van der Waals surface area (Å²) in [5, 5.41) is 24.3. The van der Waals surface area contributed by atoms with Gasteiger partial charge in [-0.05, 0) is 63.4 Å². The van der Waals surface area contributed by atoms with E-state index in [-0.39, 0.29) is 22.0 Å². The van der Waals surface area contributed by atoms with Gasteiger partial charge in [0, 0.05) is 21.3 Å². The lowest BCUT2D eigenvalue weighted by Crippen LogP contribution is -2.18. The number of rotatable bonds is 4. The van der Waals surface area contributed by atoms with Gasteiger partial charge in [0.1, 0.15) is 5.75 Å². The lowest BCUT2D eigenvalue weighted by atomic mass is 10.2. The zero-order valence-electron chi connectivity index (χ0n) is 11.7. The van der Waals surface area contributed by atoms with Crippen LogP contribution in [-0.2, 0) is 0 Å². The maximum atomic E-state index is 12.0. The van der Waals surface area contributed by atoms with E-state index >= 15 is 0 Å². The van der Waals surface area contributed by atoms with E-state index in [2.05, 4.69) is 33.1 Å². The number of carbonyl (C=O) groups excluding carboxylic acids is 1. The molecule has 2 rings (SSSR count). The van der Waals surface area contributed by atoms with Gasteiger partial charge in [-0.15, -0.1) is 0 Å².